The van der Waals surface area contributed by atoms with Crippen LogP contribution in [0.4, 0.5) is 4.39 Å². The third kappa shape index (κ3) is 4.56. The first-order valence-corrected chi connectivity index (χ1v) is 7.32. The van der Waals surface area contributed by atoms with E-state index in [1.54, 1.807) is 18.6 Å². The summed E-state index contributed by atoms with van der Waals surface area (Å²) in [6, 6.07) is 4.86. The van der Waals surface area contributed by atoms with Crippen molar-refractivity contribution in [2.45, 2.75) is 32.9 Å². The molecule has 114 valence electrons. The average molecular weight is 291 g/mol. The number of rotatable bonds is 8. The van der Waals surface area contributed by atoms with Crippen LogP contribution in [0.2, 0.25) is 0 Å². The molecule has 5 heteroatoms. The van der Waals surface area contributed by atoms with Crippen molar-refractivity contribution in [1.82, 2.24) is 14.9 Å². The van der Waals surface area contributed by atoms with Gasteiger partial charge in [0.2, 0.25) is 0 Å². The molecule has 0 aliphatic carbocycles. The molecule has 0 saturated carbocycles. The minimum atomic E-state index is -0.271. The number of halogens is 1. The van der Waals surface area contributed by atoms with Crippen LogP contribution in [0.1, 0.15) is 31.9 Å². The Bertz CT molecular complexity index is 542. The Morgan fingerprint density at radius 1 is 1.43 bits per heavy atom. The fourth-order valence-corrected chi connectivity index (χ4v) is 2.26. The van der Waals surface area contributed by atoms with E-state index in [2.05, 4.69) is 17.2 Å². The van der Waals surface area contributed by atoms with Crippen molar-refractivity contribution in [1.29, 1.82) is 0 Å². The van der Waals surface area contributed by atoms with E-state index in [0.717, 1.165) is 25.1 Å². The molecule has 0 amide bonds. The lowest BCUT2D eigenvalue weighted by Gasteiger charge is -2.18. The molecule has 1 heterocycles. The Labute approximate surface area is 125 Å². The van der Waals surface area contributed by atoms with Gasteiger partial charge in [-0.05, 0) is 26.0 Å². The van der Waals surface area contributed by atoms with Gasteiger partial charge in [-0.1, -0.05) is 13.0 Å². The lowest BCUT2D eigenvalue weighted by Crippen LogP contribution is -2.18. The number of imidazole rings is 1. The maximum absolute atomic E-state index is 13.4. The molecule has 2 aromatic rings. The van der Waals surface area contributed by atoms with Crippen LogP contribution >= 0.6 is 0 Å². The molecule has 1 unspecified atom stereocenters. The second kappa shape index (κ2) is 7.78. The number of aromatic nitrogens is 2. The summed E-state index contributed by atoms with van der Waals surface area (Å²) in [5.74, 6) is 0.348. The molecule has 0 fully saturated rings. The lowest BCUT2D eigenvalue weighted by atomic mass is 10.1. The standard InChI is InChI=1S/C16H22FN3O/c1-3-19-13(2)15-6-5-14(17)11-16(15)21-10-4-8-20-9-7-18-12-20/h5-7,9,11-13,19H,3-4,8,10H2,1-2H3. The predicted octanol–water partition coefficient (Wildman–Crippen LogP) is 3.16. The number of hydrogen-bond donors (Lipinski definition) is 1. The minimum Gasteiger partial charge on any atom is -0.493 e. The van der Waals surface area contributed by atoms with Crippen molar-refractivity contribution in [3.63, 3.8) is 0 Å². The first kappa shape index (κ1) is 15.5. The van der Waals surface area contributed by atoms with Crippen LogP contribution < -0.4 is 10.1 Å². The molecular formula is C16H22FN3O. The van der Waals surface area contributed by atoms with Crippen molar-refractivity contribution < 1.29 is 9.13 Å². The molecule has 1 atom stereocenters. The quantitative estimate of drug-likeness (QED) is 0.759. The van der Waals surface area contributed by atoms with Gasteiger partial charge in [0.15, 0.2) is 0 Å². The number of nitrogens with zero attached hydrogens (tertiary/aromatic N) is 2. The summed E-state index contributed by atoms with van der Waals surface area (Å²) in [5.41, 5.74) is 0.987. The van der Waals surface area contributed by atoms with Crippen molar-refractivity contribution in [2.75, 3.05) is 13.2 Å². The highest BCUT2D eigenvalue weighted by Gasteiger charge is 2.11. The largest absolute Gasteiger partial charge is 0.493 e. The number of hydrogen-bond acceptors (Lipinski definition) is 3. The molecule has 1 aromatic carbocycles. The topological polar surface area (TPSA) is 39.1 Å². The van der Waals surface area contributed by atoms with Gasteiger partial charge in [-0.2, -0.15) is 0 Å². The zero-order valence-electron chi connectivity index (χ0n) is 12.6. The van der Waals surface area contributed by atoms with Crippen LogP contribution in [0, 0.1) is 5.82 Å². The van der Waals surface area contributed by atoms with Crippen LogP contribution in [0.5, 0.6) is 5.75 Å². The summed E-state index contributed by atoms with van der Waals surface area (Å²) in [4.78, 5) is 3.99. The molecule has 1 N–H and O–H groups in total. The van der Waals surface area contributed by atoms with Gasteiger partial charge in [-0.3, -0.25) is 0 Å². The van der Waals surface area contributed by atoms with Crippen molar-refractivity contribution in [3.05, 3.63) is 48.3 Å². The summed E-state index contributed by atoms with van der Waals surface area (Å²) >= 11 is 0. The maximum atomic E-state index is 13.4. The van der Waals surface area contributed by atoms with Gasteiger partial charge >= 0.3 is 0 Å². The van der Waals surface area contributed by atoms with Crippen LogP contribution in [0.3, 0.4) is 0 Å². The summed E-state index contributed by atoms with van der Waals surface area (Å²) in [6.07, 6.45) is 6.30. The Balaban J connectivity index is 1.92. The summed E-state index contributed by atoms with van der Waals surface area (Å²) < 4.78 is 21.2. The Morgan fingerprint density at radius 2 is 2.29 bits per heavy atom. The van der Waals surface area contributed by atoms with Crippen LogP contribution in [0.15, 0.2) is 36.9 Å². The van der Waals surface area contributed by atoms with E-state index in [1.807, 2.05) is 17.7 Å². The summed E-state index contributed by atoms with van der Waals surface area (Å²) in [6.45, 7) is 6.35. The zero-order valence-corrected chi connectivity index (χ0v) is 12.6. The number of benzene rings is 1. The third-order valence-electron chi connectivity index (χ3n) is 3.33. The Hall–Kier alpha value is -1.88. The predicted molar refractivity (Wildman–Crippen MR) is 80.8 cm³/mol. The first-order chi connectivity index (χ1) is 10.2. The van der Waals surface area contributed by atoms with Gasteiger partial charge in [0.1, 0.15) is 11.6 Å². The molecule has 2 rings (SSSR count). The van der Waals surface area contributed by atoms with E-state index in [1.165, 1.54) is 12.1 Å². The van der Waals surface area contributed by atoms with Gasteiger partial charge < -0.3 is 14.6 Å². The first-order valence-electron chi connectivity index (χ1n) is 7.32. The van der Waals surface area contributed by atoms with Crippen molar-refractivity contribution in [2.24, 2.45) is 0 Å². The zero-order chi connectivity index (χ0) is 15.1. The average Bonchev–Trinajstić information content (AvgIpc) is 2.97. The van der Waals surface area contributed by atoms with E-state index in [-0.39, 0.29) is 11.9 Å². The molecule has 0 radical (unpaired) electrons. The monoisotopic (exact) mass is 291 g/mol. The highest BCUT2D eigenvalue weighted by atomic mass is 19.1. The second-order valence-electron chi connectivity index (χ2n) is 4.96. The highest BCUT2D eigenvalue weighted by Crippen LogP contribution is 2.26. The fraction of sp³-hybridized carbons (Fsp3) is 0.438. The van der Waals surface area contributed by atoms with E-state index in [4.69, 9.17) is 4.74 Å². The van der Waals surface area contributed by atoms with Crippen LogP contribution in [-0.4, -0.2) is 22.7 Å². The Morgan fingerprint density at radius 3 is 3.00 bits per heavy atom. The van der Waals surface area contributed by atoms with Gasteiger partial charge in [-0.25, -0.2) is 9.37 Å². The fourth-order valence-electron chi connectivity index (χ4n) is 2.26. The third-order valence-corrected chi connectivity index (χ3v) is 3.33. The van der Waals surface area contributed by atoms with E-state index >= 15 is 0 Å². The molecule has 0 aliphatic heterocycles. The second-order valence-corrected chi connectivity index (χ2v) is 4.96. The highest BCUT2D eigenvalue weighted by molar-refractivity contribution is 5.36. The lowest BCUT2D eigenvalue weighted by molar-refractivity contribution is 0.294. The summed E-state index contributed by atoms with van der Waals surface area (Å²) in [5, 5.41) is 3.32. The van der Waals surface area contributed by atoms with Crippen molar-refractivity contribution >= 4 is 0 Å². The SMILES string of the molecule is CCNC(C)c1ccc(F)cc1OCCCn1ccnc1. The number of nitrogens with one attached hydrogen (secondary N) is 1. The van der Waals surface area contributed by atoms with E-state index in [9.17, 15) is 4.39 Å². The molecular weight excluding hydrogens is 269 g/mol. The molecule has 0 aliphatic rings. The normalized spacial score (nSPS) is 12.3. The molecule has 0 bridgehead atoms. The maximum Gasteiger partial charge on any atom is 0.126 e. The molecule has 0 spiro atoms. The molecule has 0 saturated heterocycles. The number of aryl methyl sites for hydroxylation is 1. The molecule has 1 aromatic heterocycles. The van der Waals surface area contributed by atoms with Gasteiger partial charge in [-0.15, -0.1) is 0 Å². The van der Waals surface area contributed by atoms with Crippen molar-refractivity contribution in [3.8, 4) is 5.75 Å². The Kier molecular flexibility index (Phi) is 5.75. The van der Waals surface area contributed by atoms with Gasteiger partial charge in [0, 0.05) is 36.6 Å². The van der Waals surface area contributed by atoms with Crippen LogP contribution in [-0.2, 0) is 6.54 Å². The molecule has 21 heavy (non-hydrogen) atoms. The van der Waals surface area contributed by atoms with E-state index < -0.39 is 0 Å². The van der Waals surface area contributed by atoms with Crippen LogP contribution in [0.25, 0.3) is 0 Å². The van der Waals surface area contributed by atoms with Gasteiger partial charge in [0.25, 0.3) is 0 Å². The minimum absolute atomic E-state index is 0.138. The molecule has 4 nitrogen and oxygen atoms in total. The smallest absolute Gasteiger partial charge is 0.126 e. The van der Waals surface area contributed by atoms with E-state index in [0.29, 0.717) is 12.4 Å². The summed E-state index contributed by atoms with van der Waals surface area (Å²) in [7, 11) is 0. The van der Waals surface area contributed by atoms with Gasteiger partial charge in [0.05, 0.1) is 12.9 Å². The number of ether oxygens (including phenoxy) is 1.